The molecular formula is C18H26N2O. The molecule has 0 spiro atoms. The quantitative estimate of drug-likeness (QED) is 0.853. The molecule has 1 aromatic carbocycles. The monoisotopic (exact) mass is 286 g/mol. The number of amides is 1. The molecule has 2 aliphatic rings. The molecule has 1 saturated heterocycles. The van der Waals surface area contributed by atoms with Crippen LogP contribution in [0.4, 0.5) is 0 Å². The van der Waals surface area contributed by atoms with Gasteiger partial charge in [0.2, 0.25) is 5.91 Å². The average molecular weight is 286 g/mol. The molecule has 0 radical (unpaired) electrons. The van der Waals surface area contributed by atoms with Gasteiger partial charge in [0.25, 0.3) is 0 Å². The normalized spacial score (nSPS) is 22.9. The van der Waals surface area contributed by atoms with Crippen LogP contribution in [-0.2, 0) is 17.8 Å². The first-order valence-corrected chi connectivity index (χ1v) is 8.36. The van der Waals surface area contributed by atoms with Crippen molar-refractivity contribution in [2.75, 3.05) is 19.6 Å². The lowest BCUT2D eigenvalue weighted by Crippen LogP contribution is -2.47. The van der Waals surface area contributed by atoms with Crippen LogP contribution in [0.2, 0.25) is 0 Å². The van der Waals surface area contributed by atoms with Crippen LogP contribution in [0.3, 0.4) is 0 Å². The molecule has 114 valence electrons. The van der Waals surface area contributed by atoms with Crippen molar-refractivity contribution in [3.8, 4) is 0 Å². The third kappa shape index (κ3) is 3.29. The van der Waals surface area contributed by atoms with E-state index in [9.17, 15) is 4.79 Å². The van der Waals surface area contributed by atoms with Crippen LogP contribution in [0.5, 0.6) is 0 Å². The number of rotatable bonds is 3. The SMILES string of the molecule is CCC1CCCCN1CC(=O)N1CCc2ccccc2C1. The minimum atomic E-state index is 0.310. The van der Waals surface area contributed by atoms with Gasteiger partial charge in [0.1, 0.15) is 0 Å². The highest BCUT2D eigenvalue weighted by molar-refractivity contribution is 5.78. The molecule has 1 atom stereocenters. The van der Waals surface area contributed by atoms with E-state index in [1.54, 1.807) is 0 Å². The first kappa shape index (κ1) is 14.6. The highest BCUT2D eigenvalue weighted by Crippen LogP contribution is 2.21. The number of carbonyl (C=O) groups excluding carboxylic acids is 1. The van der Waals surface area contributed by atoms with Gasteiger partial charge in [0.05, 0.1) is 6.54 Å². The Morgan fingerprint density at radius 2 is 2.00 bits per heavy atom. The van der Waals surface area contributed by atoms with Crippen LogP contribution in [0, 0.1) is 0 Å². The summed E-state index contributed by atoms with van der Waals surface area (Å²) in [7, 11) is 0. The molecule has 3 rings (SSSR count). The molecule has 1 unspecified atom stereocenters. The topological polar surface area (TPSA) is 23.6 Å². The molecule has 3 nitrogen and oxygen atoms in total. The van der Waals surface area contributed by atoms with E-state index in [0.29, 0.717) is 18.5 Å². The van der Waals surface area contributed by atoms with Gasteiger partial charge in [-0.05, 0) is 43.4 Å². The third-order valence-corrected chi connectivity index (χ3v) is 5.04. The molecule has 21 heavy (non-hydrogen) atoms. The van der Waals surface area contributed by atoms with Crippen LogP contribution in [0.1, 0.15) is 43.7 Å². The number of benzene rings is 1. The summed E-state index contributed by atoms with van der Waals surface area (Å²) in [5.74, 6) is 0.310. The maximum absolute atomic E-state index is 12.6. The van der Waals surface area contributed by atoms with Gasteiger partial charge in [0.15, 0.2) is 0 Å². The predicted molar refractivity (Wildman–Crippen MR) is 85.1 cm³/mol. The maximum Gasteiger partial charge on any atom is 0.237 e. The van der Waals surface area contributed by atoms with Crippen LogP contribution in [0.25, 0.3) is 0 Å². The van der Waals surface area contributed by atoms with Gasteiger partial charge < -0.3 is 4.90 Å². The molecule has 2 heterocycles. The third-order valence-electron chi connectivity index (χ3n) is 5.04. The van der Waals surface area contributed by atoms with Crippen molar-refractivity contribution in [3.63, 3.8) is 0 Å². The summed E-state index contributed by atoms with van der Waals surface area (Å²) in [5, 5.41) is 0. The Balaban J connectivity index is 1.61. The summed E-state index contributed by atoms with van der Waals surface area (Å²) in [5.41, 5.74) is 2.73. The Labute approximate surface area is 127 Å². The first-order chi connectivity index (χ1) is 10.3. The zero-order valence-corrected chi connectivity index (χ0v) is 13.1. The highest BCUT2D eigenvalue weighted by atomic mass is 16.2. The predicted octanol–water partition coefficient (Wildman–Crippen LogP) is 2.84. The van der Waals surface area contributed by atoms with Gasteiger partial charge >= 0.3 is 0 Å². The molecule has 0 aromatic heterocycles. The standard InChI is InChI=1S/C18H26N2O/c1-2-17-9-5-6-11-19(17)14-18(21)20-12-10-15-7-3-4-8-16(15)13-20/h3-4,7-8,17H,2,5-6,9-14H2,1H3. The Morgan fingerprint density at radius 3 is 2.81 bits per heavy atom. The molecule has 0 N–H and O–H groups in total. The lowest BCUT2D eigenvalue weighted by Gasteiger charge is -2.37. The Hall–Kier alpha value is -1.35. The second-order valence-electron chi connectivity index (χ2n) is 6.36. The number of nitrogens with zero attached hydrogens (tertiary/aromatic N) is 2. The molecule has 1 aromatic rings. The van der Waals surface area contributed by atoms with E-state index in [2.05, 4.69) is 36.1 Å². The minimum Gasteiger partial charge on any atom is -0.337 e. The summed E-state index contributed by atoms with van der Waals surface area (Å²) in [4.78, 5) is 17.1. The van der Waals surface area contributed by atoms with Gasteiger partial charge in [-0.3, -0.25) is 9.69 Å². The van der Waals surface area contributed by atoms with E-state index >= 15 is 0 Å². The van der Waals surface area contributed by atoms with Gasteiger partial charge in [-0.25, -0.2) is 0 Å². The van der Waals surface area contributed by atoms with Crippen molar-refractivity contribution in [1.82, 2.24) is 9.80 Å². The Kier molecular flexibility index (Phi) is 4.59. The Bertz CT molecular complexity index is 500. The largest absolute Gasteiger partial charge is 0.337 e. The minimum absolute atomic E-state index is 0.310. The van der Waals surface area contributed by atoms with E-state index in [0.717, 1.165) is 32.5 Å². The van der Waals surface area contributed by atoms with Crippen molar-refractivity contribution in [2.45, 2.75) is 51.6 Å². The summed E-state index contributed by atoms with van der Waals surface area (Å²) in [6.07, 6.45) is 5.98. The molecule has 0 bridgehead atoms. The second kappa shape index (κ2) is 6.61. The van der Waals surface area contributed by atoms with Crippen LogP contribution >= 0.6 is 0 Å². The molecule has 1 amide bonds. The second-order valence-corrected chi connectivity index (χ2v) is 6.36. The van der Waals surface area contributed by atoms with Gasteiger partial charge in [-0.15, -0.1) is 0 Å². The first-order valence-electron chi connectivity index (χ1n) is 8.36. The number of likely N-dealkylation sites (tertiary alicyclic amines) is 1. The van der Waals surface area contributed by atoms with Crippen molar-refractivity contribution < 1.29 is 4.79 Å². The molecule has 0 saturated carbocycles. The lowest BCUT2D eigenvalue weighted by molar-refractivity contribution is -0.134. The Morgan fingerprint density at radius 1 is 1.19 bits per heavy atom. The fraction of sp³-hybridized carbons (Fsp3) is 0.611. The van der Waals surface area contributed by atoms with E-state index in [1.165, 1.54) is 30.4 Å². The van der Waals surface area contributed by atoms with E-state index in [1.807, 2.05) is 4.90 Å². The summed E-state index contributed by atoms with van der Waals surface area (Å²) in [6.45, 7) is 5.61. The summed E-state index contributed by atoms with van der Waals surface area (Å²) in [6, 6.07) is 9.12. The maximum atomic E-state index is 12.6. The van der Waals surface area contributed by atoms with E-state index in [4.69, 9.17) is 0 Å². The molecule has 1 fully saturated rings. The fourth-order valence-electron chi connectivity index (χ4n) is 3.71. The number of hydrogen-bond acceptors (Lipinski definition) is 2. The van der Waals surface area contributed by atoms with Gasteiger partial charge in [-0.1, -0.05) is 37.6 Å². The zero-order valence-electron chi connectivity index (χ0n) is 13.1. The fourth-order valence-corrected chi connectivity index (χ4v) is 3.71. The van der Waals surface area contributed by atoms with Crippen molar-refractivity contribution >= 4 is 5.91 Å². The molecule has 2 aliphatic heterocycles. The number of piperidine rings is 1. The summed E-state index contributed by atoms with van der Waals surface area (Å²) >= 11 is 0. The van der Waals surface area contributed by atoms with Crippen molar-refractivity contribution in [1.29, 1.82) is 0 Å². The average Bonchev–Trinajstić information content (AvgIpc) is 2.55. The van der Waals surface area contributed by atoms with Gasteiger partial charge in [-0.2, -0.15) is 0 Å². The summed E-state index contributed by atoms with van der Waals surface area (Å²) < 4.78 is 0. The van der Waals surface area contributed by atoms with Crippen LogP contribution in [0.15, 0.2) is 24.3 Å². The van der Waals surface area contributed by atoms with Crippen LogP contribution in [-0.4, -0.2) is 41.4 Å². The number of carbonyl (C=O) groups is 1. The molecule has 0 aliphatic carbocycles. The van der Waals surface area contributed by atoms with E-state index < -0.39 is 0 Å². The van der Waals surface area contributed by atoms with Gasteiger partial charge in [0, 0.05) is 19.1 Å². The molecule has 3 heteroatoms. The number of fused-ring (bicyclic) bond motifs is 1. The molecular weight excluding hydrogens is 260 g/mol. The van der Waals surface area contributed by atoms with Crippen molar-refractivity contribution in [2.24, 2.45) is 0 Å². The number of hydrogen-bond donors (Lipinski definition) is 0. The smallest absolute Gasteiger partial charge is 0.237 e. The zero-order chi connectivity index (χ0) is 14.7. The van der Waals surface area contributed by atoms with Crippen LogP contribution < -0.4 is 0 Å². The van der Waals surface area contributed by atoms with Crippen molar-refractivity contribution in [3.05, 3.63) is 35.4 Å². The highest BCUT2D eigenvalue weighted by Gasteiger charge is 2.26. The lowest BCUT2D eigenvalue weighted by atomic mass is 9.99. The van der Waals surface area contributed by atoms with E-state index in [-0.39, 0.29) is 0 Å².